The van der Waals surface area contributed by atoms with Crippen LogP contribution in [0, 0.1) is 13.8 Å². The zero-order valence-corrected chi connectivity index (χ0v) is 8.28. The van der Waals surface area contributed by atoms with E-state index in [0.717, 1.165) is 17.1 Å². The van der Waals surface area contributed by atoms with E-state index in [-0.39, 0.29) is 0 Å². The predicted molar refractivity (Wildman–Crippen MR) is 54.7 cm³/mol. The summed E-state index contributed by atoms with van der Waals surface area (Å²) in [4.78, 5) is 0. The van der Waals surface area contributed by atoms with Gasteiger partial charge in [-0.2, -0.15) is 0 Å². The van der Waals surface area contributed by atoms with Gasteiger partial charge in [-0.3, -0.25) is 0 Å². The van der Waals surface area contributed by atoms with Gasteiger partial charge in [0.25, 0.3) is 0 Å². The van der Waals surface area contributed by atoms with Gasteiger partial charge in [0.05, 0.1) is 6.26 Å². The second-order valence-electron chi connectivity index (χ2n) is 3.33. The molecule has 72 valence electrons. The van der Waals surface area contributed by atoms with Crippen molar-refractivity contribution in [2.75, 3.05) is 0 Å². The van der Waals surface area contributed by atoms with Crippen molar-refractivity contribution in [3.05, 3.63) is 47.9 Å². The Morgan fingerprint density at radius 3 is 2.64 bits per heavy atom. The average Bonchev–Trinajstić information content (AvgIpc) is 2.62. The molecule has 1 heterocycles. The molecule has 0 saturated carbocycles. The quantitative estimate of drug-likeness (QED) is 0.717. The van der Waals surface area contributed by atoms with Gasteiger partial charge in [-0.1, -0.05) is 17.7 Å². The first-order valence-electron chi connectivity index (χ1n) is 4.53. The van der Waals surface area contributed by atoms with Crippen LogP contribution in [0.2, 0.25) is 0 Å². The summed E-state index contributed by atoms with van der Waals surface area (Å²) in [6, 6.07) is 7.88. The van der Waals surface area contributed by atoms with Crippen LogP contribution in [0.3, 0.4) is 0 Å². The summed E-state index contributed by atoms with van der Waals surface area (Å²) < 4.78 is 10.5. The van der Waals surface area contributed by atoms with Crippen molar-refractivity contribution in [3.63, 3.8) is 0 Å². The number of hydrogen-bond donors (Lipinski definition) is 0. The number of ether oxygens (including phenoxy) is 1. The second kappa shape index (κ2) is 3.58. The largest absolute Gasteiger partial charge is 0.469 e. The maximum atomic E-state index is 5.61. The maximum absolute atomic E-state index is 5.61. The Morgan fingerprint density at radius 2 is 2.00 bits per heavy atom. The van der Waals surface area contributed by atoms with Crippen LogP contribution in [0.15, 0.2) is 41.2 Å². The van der Waals surface area contributed by atoms with E-state index < -0.39 is 0 Å². The number of rotatable bonds is 2. The third kappa shape index (κ3) is 1.79. The molecule has 0 saturated heterocycles. The van der Waals surface area contributed by atoms with Gasteiger partial charge in [0.1, 0.15) is 12.0 Å². The first-order valence-corrected chi connectivity index (χ1v) is 4.53. The molecule has 1 aromatic heterocycles. The third-order valence-electron chi connectivity index (χ3n) is 2.05. The number of hydrogen-bond acceptors (Lipinski definition) is 2. The maximum Gasteiger partial charge on any atom is 0.165 e. The Balaban J connectivity index is 2.25. The topological polar surface area (TPSA) is 22.4 Å². The first-order chi connectivity index (χ1) is 6.75. The minimum Gasteiger partial charge on any atom is -0.469 e. The third-order valence-corrected chi connectivity index (χ3v) is 2.05. The van der Waals surface area contributed by atoms with Gasteiger partial charge in [0.2, 0.25) is 0 Å². The van der Waals surface area contributed by atoms with Crippen molar-refractivity contribution in [2.45, 2.75) is 13.8 Å². The van der Waals surface area contributed by atoms with Crippen LogP contribution in [0.4, 0.5) is 0 Å². The lowest BCUT2D eigenvalue weighted by atomic mass is 10.1. The Bertz CT molecular complexity index is 416. The average molecular weight is 188 g/mol. The molecule has 0 unspecified atom stereocenters. The van der Waals surface area contributed by atoms with Crippen LogP contribution < -0.4 is 4.74 Å². The molecule has 2 aromatic rings. The summed E-state index contributed by atoms with van der Waals surface area (Å²) >= 11 is 0. The molecule has 1 aromatic carbocycles. The molecular weight excluding hydrogens is 176 g/mol. The molecular formula is C12H12O2. The van der Waals surface area contributed by atoms with Crippen LogP contribution >= 0.6 is 0 Å². The Morgan fingerprint density at radius 1 is 1.14 bits per heavy atom. The van der Waals surface area contributed by atoms with Gasteiger partial charge in [0, 0.05) is 6.07 Å². The van der Waals surface area contributed by atoms with Crippen LogP contribution in [0.25, 0.3) is 0 Å². The molecule has 0 atom stereocenters. The van der Waals surface area contributed by atoms with Gasteiger partial charge in [-0.05, 0) is 25.5 Å². The summed E-state index contributed by atoms with van der Waals surface area (Å²) in [7, 11) is 0. The van der Waals surface area contributed by atoms with E-state index in [4.69, 9.17) is 9.15 Å². The minimum atomic E-state index is 0.733. The molecule has 2 heteroatoms. The fourth-order valence-corrected chi connectivity index (χ4v) is 1.35. The van der Waals surface area contributed by atoms with Crippen molar-refractivity contribution in [3.8, 4) is 11.5 Å². The van der Waals surface area contributed by atoms with Crippen LogP contribution in [-0.4, -0.2) is 0 Å². The Kier molecular flexibility index (Phi) is 2.27. The Hall–Kier alpha value is -1.70. The second-order valence-corrected chi connectivity index (χ2v) is 3.33. The van der Waals surface area contributed by atoms with Gasteiger partial charge in [-0.25, -0.2) is 0 Å². The molecule has 0 bridgehead atoms. The lowest BCUT2D eigenvalue weighted by molar-refractivity contribution is 0.463. The zero-order chi connectivity index (χ0) is 9.97. The van der Waals surface area contributed by atoms with Crippen molar-refractivity contribution in [1.82, 2.24) is 0 Å². The summed E-state index contributed by atoms with van der Waals surface area (Å²) in [6.45, 7) is 4.09. The summed E-state index contributed by atoms with van der Waals surface area (Å²) in [5.41, 5.74) is 2.37. The summed E-state index contributed by atoms with van der Waals surface area (Å²) in [5.74, 6) is 1.61. The lowest BCUT2D eigenvalue weighted by Crippen LogP contribution is -1.86. The van der Waals surface area contributed by atoms with E-state index >= 15 is 0 Å². The molecule has 0 aliphatic heterocycles. The fourth-order valence-electron chi connectivity index (χ4n) is 1.35. The van der Waals surface area contributed by atoms with E-state index in [1.165, 1.54) is 5.56 Å². The molecule has 0 amide bonds. The molecule has 14 heavy (non-hydrogen) atoms. The van der Waals surface area contributed by atoms with E-state index in [1.54, 1.807) is 18.6 Å². The normalized spacial score (nSPS) is 10.1. The molecule has 0 radical (unpaired) electrons. The van der Waals surface area contributed by atoms with Crippen molar-refractivity contribution >= 4 is 0 Å². The molecule has 0 fully saturated rings. The zero-order valence-electron chi connectivity index (χ0n) is 8.28. The van der Waals surface area contributed by atoms with Crippen LogP contribution in [0.1, 0.15) is 11.1 Å². The lowest BCUT2D eigenvalue weighted by Gasteiger charge is -2.06. The number of benzene rings is 1. The van der Waals surface area contributed by atoms with Gasteiger partial charge in [0.15, 0.2) is 5.75 Å². The molecule has 0 aliphatic rings. The predicted octanol–water partition coefficient (Wildman–Crippen LogP) is 3.69. The van der Waals surface area contributed by atoms with Crippen LogP contribution in [0.5, 0.6) is 11.5 Å². The number of furan rings is 1. The van der Waals surface area contributed by atoms with E-state index in [2.05, 4.69) is 13.0 Å². The van der Waals surface area contributed by atoms with Crippen molar-refractivity contribution < 1.29 is 9.15 Å². The highest BCUT2D eigenvalue weighted by atomic mass is 16.5. The van der Waals surface area contributed by atoms with Crippen molar-refractivity contribution in [1.29, 1.82) is 0 Å². The van der Waals surface area contributed by atoms with Crippen LogP contribution in [-0.2, 0) is 0 Å². The SMILES string of the molecule is Cc1ccc(Oc2ccoc2)c(C)c1. The highest BCUT2D eigenvalue weighted by Crippen LogP contribution is 2.25. The molecule has 0 aliphatic carbocycles. The molecule has 2 rings (SSSR count). The summed E-state index contributed by atoms with van der Waals surface area (Å²) in [6.07, 6.45) is 3.18. The van der Waals surface area contributed by atoms with Gasteiger partial charge < -0.3 is 9.15 Å². The van der Waals surface area contributed by atoms with E-state index in [1.807, 2.05) is 19.1 Å². The number of aryl methyl sites for hydroxylation is 2. The van der Waals surface area contributed by atoms with Gasteiger partial charge in [-0.15, -0.1) is 0 Å². The van der Waals surface area contributed by atoms with E-state index in [9.17, 15) is 0 Å². The fraction of sp³-hybridized carbons (Fsp3) is 0.167. The smallest absolute Gasteiger partial charge is 0.165 e. The molecule has 0 N–H and O–H groups in total. The molecule has 2 nitrogen and oxygen atoms in total. The minimum absolute atomic E-state index is 0.733. The first kappa shape index (κ1) is 8.88. The van der Waals surface area contributed by atoms with E-state index in [0.29, 0.717) is 0 Å². The highest BCUT2D eigenvalue weighted by Gasteiger charge is 2.01. The molecule has 0 spiro atoms. The Labute approximate surface area is 83.1 Å². The highest BCUT2D eigenvalue weighted by molar-refractivity contribution is 5.38. The monoisotopic (exact) mass is 188 g/mol. The standard InChI is InChI=1S/C12H12O2/c1-9-3-4-12(10(2)7-9)14-11-5-6-13-8-11/h3-8H,1-2H3. The summed E-state index contributed by atoms with van der Waals surface area (Å²) in [5, 5.41) is 0. The van der Waals surface area contributed by atoms with Crippen molar-refractivity contribution in [2.24, 2.45) is 0 Å². The van der Waals surface area contributed by atoms with Gasteiger partial charge >= 0.3 is 0 Å².